The zero-order chi connectivity index (χ0) is 21.3. The van der Waals surface area contributed by atoms with E-state index in [1.165, 1.54) is 0 Å². The van der Waals surface area contributed by atoms with Crippen LogP contribution in [0, 0.1) is 63.7 Å². The average molecular weight is 457 g/mol. The van der Waals surface area contributed by atoms with Gasteiger partial charge in [-0.15, -0.1) is 0 Å². The standard InChI is InChI=1S/C20H22N3O2.C5H5.Fe/c1-4-25-19(24)16-17(14-10-6-5-7-11-14)21-20(23(2)3)22-18(16)15-12-8-9-13-15;1-2-4-5-3-1;/h5-13,18H,4H2,1-3H3,(H,21,22);1-5H;/q;;+2. The molecular weight excluding hydrogens is 430 g/mol. The summed E-state index contributed by atoms with van der Waals surface area (Å²) in [5.74, 6) is 1.33. The van der Waals surface area contributed by atoms with Gasteiger partial charge in [0.05, 0.1) is 23.9 Å². The van der Waals surface area contributed by atoms with Gasteiger partial charge in [-0.1, -0.05) is 30.3 Å². The van der Waals surface area contributed by atoms with Crippen LogP contribution in [-0.2, 0) is 26.6 Å². The SMILES string of the molecule is CCOC(=O)C1=C(c2ccccc2)NC(N(C)C)=NC1[C]1[CH][CH][CH][CH]1.[CH]1[CH][CH][CH][CH]1.[Fe+2]. The Morgan fingerprint density at radius 3 is 2.10 bits per heavy atom. The summed E-state index contributed by atoms with van der Waals surface area (Å²) in [7, 11) is 3.84. The van der Waals surface area contributed by atoms with Crippen LogP contribution in [0.25, 0.3) is 5.70 Å². The minimum absolute atomic E-state index is 0. The molecule has 0 amide bonds. The molecule has 2 aliphatic carbocycles. The topological polar surface area (TPSA) is 53.9 Å². The van der Waals surface area contributed by atoms with Crippen LogP contribution in [0.2, 0.25) is 0 Å². The Balaban J connectivity index is 0.000000501. The number of hydrogen-bond donors (Lipinski definition) is 1. The van der Waals surface area contributed by atoms with Gasteiger partial charge in [0.15, 0.2) is 5.96 Å². The van der Waals surface area contributed by atoms with E-state index in [-0.39, 0.29) is 23.0 Å². The number of benzene rings is 1. The summed E-state index contributed by atoms with van der Waals surface area (Å²) in [6.45, 7) is 2.13. The maximum Gasteiger partial charge on any atom is 2.00 e. The molecule has 2 fully saturated rings. The van der Waals surface area contributed by atoms with Crippen molar-refractivity contribution in [3.05, 3.63) is 105 Å². The Morgan fingerprint density at radius 2 is 1.58 bits per heavy atom. The summed E-state index contributed by atoms with van der Waals surface area (Å²) in [5, 5.41) is 3.31. The molecule has 0 bridgehead atoms. The molecule has 1 aromatic carbocycles. The van der Waals surface area contributed by atoms with Gasteiger partial charge in [0, 0.05) is 20.0 Å². The number of nitrogens with one attached hydrogen (secondary N) is 1. The molecule has 2 saturated carbocycles. The van der Waals surface area contributed by atoms with Crippen molar-refractivity contribution in [2.45, 2.75) is 13.0 Å². The molecule has 1 unspecified atom stereocenters. The maximum atomic E-state index is 12.8. The second kappa shape index (κ2) is 12.9. The van der Waals surface area contributed by atoms with Crippen LogP contribution in [0.3, 0.4) is 0 Å². The third-order valence-corrected chi connectivity index (χ3v) is 4.57. The summed E-state index contributed by atoms with van der Waals surface area (Å²) < 4.78 is 5.34. The van der Waals surface area contributed by atoms with Gasteiger partial charge in [0.1, 0.15) is 0 Å². The van der Waals surface area contributed by atoms with Gasteiger partial charge in [-0.2, -0.15) is 0 Å². The van der Waals surface area contributed by atoms with Crippen LogP contribution in [0.15, 0.2) is 40.9 Å². The van der Waals surface area contributed by atoms with Gasteiger partial charge in [0.25, 0.3) is 0 Å². The van der Waals surface area contributed by atoms with Crippen molar-refractivity contribution >= 4 is 17.6 Å². The van der Waals surface area contributed by atoms with E-state index in [0.717, 1.165) is 17.2 Å². The predicted molar refractivity (Wildman–Crippen MR) is 120 cm³/mol. The second-order valence-corrected chi connectivity index (χ2v) is 6.93. The van der Waals surface area contributed by atoms with Crippen molar-refractivity contribution in [2.75, 3.05) is 20.7 Å². The molecule has 1 aliphatic heterocycles. The molecule has 0 aromatic heterocycles. The van der Waals surface area contributed by atoms with Gasteiger partial charge in [0.2, 0.25) is 0 Å². The van der Waals surface area contributed by atoms with E-state index in [9.17, 15) is 4.79 Å². The molecular formula is C25H27FeN3O2+2. The van der Waals surface area contributed by atoms with Gasteiger partial charge in [-0.3, -0.25) is 0 Å². The van der Waals surface area contributed by atoms with E-state index in [4.69, 9.17) is 9.73 Å². The van der Waals surface area contributed by atoms with Gasteiger partial charge in [-0.25, -0.2) is 9.79 Å². The molecule has 6 heteroatoms. The molecule has 160 valence electrons. The first kappa shape index (κ1) is 25.5. The third kappa shape index (κ3) is 6.85. The van der Waals surface area contributed by atoms with E-state index in [0.29, 0.717) is 18.1 Å². The fraction of sp³-hybridized carbons (Fsp3) is 0.200. The molecule has 10 radical (unpaired) electrons. The van der Waals surface area contributed by atoms with E-state index in [1.54, 1.807) is 0 Å². The number of carbonyl (C=O) groups is 1. The minimum Gasteiger partial charge on any atom is -0.463 e. The zero-order valence-corrected chi connectivity index (χ0v) is 19.0. The summed E-state index contributed by atoms with van der Waals surface area (Å²) >= 11 is 0. The van der Waals surface area contributed by atoms with Crippen LogP contribution < -0.4 is 5.32 Å². The van der Waals surface area contributed by atoms with Gasteiger partial charge >= 0.3 is 23.0 Å². The smallest absolute Gasteiger partial charge is 0.463 e. The Bertz CT molecular complexity index is 744. The number of ether oxygens (including phenoxy) is 1. The molecule has 31 heavy (non-hydrogen) atoms. The van der Waals surface area contributed by atoms with E-state index in [1.807, 2.05) is 114 Å². The Kier molecular flexibility index (Phi) is 10.6. The van der Waals surface area contributed by atoms with Crippen LogP contribution in [0.4, 0.5) is 0 Å². The van der Waals surface area contributed by atoms with Crippen molar-refractivity contribution in [3.63, 3.8) is 0 Å². The quantitative estimate of drug-likeness (QED) is 0.557. The maximum absolute atomic E-state index is 12.8. The van der Waals surface area contributed by atoms with Crippen molar-refractivity contribution < 1.29 is 26.6 Å². The average Bonchev–Trinajstić information content (AvgIpc) is 3.50. The van der Waals surface area contributed by atoms with Crippen LogP contribution in [-0.4, -0.2) is 43.6 Å². The predicted octanol–water partition coefficient (Wildman–Crippen LogP) is 3.27. The molecule has 1 N–H and O–H groups in total. The van der Waals surface area contributed by atoms with Crippen LogP contribution in [0.1, 0.15) is 12.5 Å². The summed E-state index contributed by atoms with van der Waals surface area (Å²) in [6, 6.07) is 9.40. The zero-order valence-electron chi connectivity index (χ0n) is 17.9. The van der Waals surface area contributed by atoms with Crippen molar-refractivity contribution in [3.8, 4) is 0 Å². The number of nitrogens with zero attached hydrogens (tertiary/aromatic N) is 2. The monoisotopic (exact) mass is 457 g/mol. The largest absolute Gasteiger partial charge is 2.00 e. The minimum atomic E-state index is -0.400. The number of aliphatic imine (C=N–C) groups is 1. The van der Waals surface area contributed by atoms with Gasteiger partial charge < -0.3 is 15.0 Å². The summed E-state index contributed by atoms with van der Waals surface area (Å²) in [5.41, 5.74) is 2.20. The fourth-order valence-electron chi connectivity index (χ4n) is 3.15. The second-order valence-electron chi connectivity index (χ2n) is 6.93. The Morgan fingerprint density at radius 1 is 1.00 bits per heavy atom. The molecule has 3 aliphatic rings. The Hall–Kier alpha value is -1.78. The number of guanidine groups is 1. The summed E-state index contributed by atoms with van der Waals surface area (Å²) in [4.78, 5) is 19.4. The molecule has 1 heterocycles. The molecule has 0 spiro atoms. The van der Waals surface area contributed by atoms with Crippen molar-refractivity contribution in [1.29, 1.82) is 0 Å². The van der Waals surface area contributed by atoms with Crippen LogP contribution >= 0.6 is 0 Å². The first-order chi connectivity index (χ1) is 14.6. The fourth-order valence-corrected chi connectivity index (χ4v) is 3.15. The molecule has 4 rings (SSSR count). The number of hydrogen-bond acceptors (Lipinski definition) is 5. The van der Waals surface area contributed by atoms with Crippen molar-refractivity contribution in [2.24, 2.45) is 4.99 Å². The molecule has 1 aromatic rings. The number of esters is 1. The Labute approximate surface area is 198 Å². The number of rotatable bonds is 4. The number of carbonyl (C=O) groups excluding carboxylic acids is 1. The van der Waals surface area contributed by atoms with Crippen LogP contribution in [0.5, 0.6) is 0 Å². The van der Waals surface area contributed by atoms with E-state index in [2.05, 4.69) is 5.32 Å². The van der Waals surface area contributed by atoms with Crippen molar-refractivity contribution in [1.82, 2.24) is 10.2 Å². The third-order valence-electron chi connectivity index (χ3n) is 4.57. The first-order valence-corrected chi connectivity index (χ1v) is 9.99. The summed E-state index contributed by atoms with van der Waals surface area (Å²) in [6.07, 6.45) is 17.9. The van der Waals surface area contributed by atoms with E-state index >= 15 is 0 Å². The molecule has 5 nitrogen and oxygen atoms in total. The molecule has 1 atom stereocenters. The van der Waals surface area contributed by atoms with Gasteiger partial charge in [-0.05, 0) is 70.3 Å². The first-order valence-electron chi connectivity index (χ1n) is 9.99. The van der Waals surface area contributed by atoms with E-state index < -0.39 is 6.04 Å². The molecule has 0 saturated heterocycles. The normalized spacial score (nSPS) is 20.7.